The second-order valence-electron chi connectivity index (χ2n) is 16.7. The van der Waals surface area contributed by atoms with Crippen LogP contribution in [-0.2, 0) is 0 Å². The van der Waals surface area contributed by atoms with Gasteiger partial charge in [-0.3, -0.25) is 0 Å². The van der Waals surface area contributed by atoms with Gasteiger partial charge in [0.25, 0.3) is 0 Å². The molecule has 2 aromatic heterocycles. The zero-order chi connectivity index (χ0) is 40.5. The van der Waals surface area contributed by atoms with Gasteiger partial charge in [0.1, 0.15) is 22.3 Å². The molecule has 62 heavy (non-hydrogen) atoms. The van der Waals surface area contributed by atoms with Crippen molar-refractivity contribution in [3.05, 3.63) is 206 Å². The number of benzene rings is 12. The molecule has 286 valence electrons. The van der Waals surface area contributed by atoms with Crippen LogP contribution in [0.3, 0.4) is 0 Å². The molecule has 0 unspecified atom stereocenters. The first-order valence-corrected chi connectivity index (χ1v) is 21.3. The molecule has 2 heteroatoms. The van der Waals surface area contributed by atoms with Crippen LogP contribution in [0.2, 0.25) is 0 Å². The summed E-state index contributed by atoms with van der Waals surface area (Å²) in [4.78, 5) is 0. The highest BCUT2D eigenvalue weighted by atomic mass is 16.3. The summed E-state index contributed by atoms with van der Waals surface area (Å²) in [7, 11) is 0. The van der Waals surface area contributed by atoms with Gasteiger partial charge in [-0.1, -0.05) is 170 Å². The zero-order valence-electron chi connectivity index (χ0n) is 33.4. The minimum absolute atomic E-state index is 0.863. The van der Waals surface area contributed by atoms with Crippen molar-refractivity contribution in [1.29, 1.82) is 0 Å². The molecular formula is C60H34O2. The van der Waals surface area contributed by atoms with E-state index >= 15 is 0 Å². The molecule has 0 bridgehead atoms. The lowest BCUT2D eigenvalue weighted by atomic mass is 9.90. The molecule has 0 radical (unpaired) electrons. The molecule has 0 N–H and O–H groups in total. The van der Waals surface area contributed by atoms with Gasteiger partial charge in [-0.05, 0) is 134 Å². The standard InChI is InChI=1S/C60H34O2/c1-3-11-37-33-39(23-21-35(37)9-1)41-25-29-53-57-45(41)13-5-17-49(57)51-19-7-15-47-43(27-31-55(61-53)59(47)51)44-28-32-56-60-48(44)16-8-20-52(60)50-18-6-14-46-42(26-30-54(62-56)58(46)50)40-24-22-36-10-2-4-12-38(36)34-40/h1-34H. The first-order chi connectivity index (χ1) is 30.7. The smallest absolute Gasteiger partial charge is 0.135 e. The van der Waals surface area contributed by atoms with E-state index < -0.39 is 0 Å². The van der Waals surface area contributed by atoms with E-state index in [1.165, 1.54) is 76.1 Å². The largest absolute Gasteiger partial charge is 0.456 e. The minimum atomic E-state index is 0.863. The molecule has 14 rings (SSSR count). The monoisotopic (exact) mass is 786 g/mol. The third-order valence-corrected chi connectivity index (χ3v) is 13.4. The highest BCUT2D eigenvalue weighted by molar-refractivity contribution is 6.29. The van der Waals surface area contributed by atoms with Crippen LogP contribution in [0, 0.1) is 0 Å². The Labute approximate surface area is 355 Å². The van der Waals surface area contributed by atoms with Crippen LogP contribution in [-0.4, -0.2) is 0 Å². The van der Waals surface area contributed by atoms with Crippen molar-refractivity contribution in [2.45, 2.75) is 0 Å². The lowest BCUT2D eigenvalue weighted by Crippen LogP contribution is -1.87. The van der Waals surface area contributed by atoms with Gasteiger partial charge in [-0.2, -0.15) is 0 Å². The molecule has 0 atom stereocenters. The van der Waals surface area contributed by atoms with Gasteiger partial charge in [0.2, 0.25) is 0 Å². The van der Waals surface area contributed by atoms with E-state index in [2.05, 4.69) is 206 Å². The molecule has 0 fully saturated rings. The molecule has 0 saturated heterocycles. The van der Waals surface area contributed by atoms with Crippen LogP contribution < -0.4 is 0 Å². The summed E-state index contributed by atoms with van der Waals surface area (Å²) < 4.78 is 14.0. The second kappa shape index (κ2) is 12.7. The van der Waals surface area contributed by atoms with Crippen LogP contribution in [0.1, 0.15) is 0 Å². The molecule has 12 aromatic carbocycles. The molecule has 0 amide bonds. The van der Waals surface area contributed by atoms with Crippen molar-refractivity contribution < 1.29 is 8.83 Å². The van der Waals surface area contributed by atoms with E-state index in [9.17, 15) is 0 Å². The summed E-state index contributed by atoms with van der Waals surface area (Å²) in [6.45, 7) is 0. The summed E-state index contributed by atoms with van der Waals surface area (Å²) in [5, 5.41) is 18.8. The molecule has 0 aliphatic rings. The first-order valence-electron chi connectivity index (χ1n) is 21.3. The average molecular weight is 787 g/mol. The van der Waals surface area contributed by atoms with Crippen molar-refractivity contribution in [3.63, 3.8) is 0 Å². The molecule has 0 spiro atoms. The summed E-state index contributed by atoms with van der Waals surface area (Å²) in [5.74, 6) is 0. The van der Waals surface area contributed by atoms with Crippen LogP contribution >= 0.6 is 0 Å². The Hall–Kier alpha value is -8.20. The normalized spacial score (nSPS) is 12.2. The molecule has 2 nitrogen and oxygen atoms in total. The quantitative estimate of drug-likeness (QED) is 0.178. The molecule has 0 saturated carbocycles. The van der Waals surface area contributed by atoms with Gasteiger partial charge >= 0.3 is 0 Å². The highest BCUT2D eigenvalue weighted by Crippen LogP contribution is 2.46. The van der Waals surface area contributed by atoms with E-state index in [0.29, 0.717) is 0 Å². The van der Waals surface area contributed by atoms with Gasteiger partial charge in [0.15, 0.2) is 0 Å². The second-order valence-corrected chi connectivity index (χ2v) is 16.7. The topological polar surface area (TPSA) is 26.3 Å². The van der Waals surface area contributed by atoms with Crippen LogP contribution in [0.4, 0.5) is 0 Å². The van der Waals surface area contributed by atoms with E-state index in [4.69, 9.17) is 8.83 Å². The third kappa shape index (κ3) is 4.75. The lowest BCUT2D eigenvalue weighted by molar-refractivity contribution is 0.663. The molecule has 14 aromatic rings. The maximum absolute atomic E-state index is 6.98. The Morgan fingerprint density at radius 3 is 0.887 bits per heavy atom. The maximum Gasteiger partial charge on any atom is 0.135 e. The first kappa shape index (κ1) is 33.6. The van der Waals surface area contributed by atoms with Crippen LogP contribution in [0.25, 0.3) is 142 Å². The maximum atomic E-state index is 6.98. The number of fused-ring (bicyclic) bond motifs is 4. The van der Waals surface area contributed by atoms with E-state index in [1.807, 2.05) is 0 Å². The van der Waals surface area contributed by atoms with Crippen molar-refractivity contribution in [2.24, 2.45) is 0 Å². The molecule has 0 aliphatic carbocycles. The number of hydrogen-bond donors (Lipinski definition) is 0. The van der Waals surface area contributed by atoms with Crippen molar-refractivity contribution in [1.82, 2.24) is 0 Å². The summed E-state index contributed by atoms with van der Waals surface area (Å²) in [6.07, 6.45) is 0. The Bertz CT molecular complexity index is 3940. The Kier molecular flexibility index (Phi) is 6.86. The van der Waals surface area contributed by atoms with E-state index in [1.54, 1.807) is 0 Å². The van der Waals surface area contributed by atoms with Crippen LogP contribution in [0.5, 0.6) is 0 Å². The third-order valence-electron chi connectivity index (χ3n) is 13.4. The van der Waals surface area contributed by atoms with E-state index in [-0.39, 0.29) is 0 Å². The fourth-order valence-electron chi connectivity index (χ4n) is 10.7. The van der Waals surface area contributed by atoms with Crippen molar-refractivity contribution in [2.75, 3.05) is 0 Å². The van der Waals surface area contributed by atoms with Gasteiger partial charge in [0, 0.05) is 21.5 Å². The fourth-order valence-corrected chi connectivity index (χ4v) is 10.7. The van der Waals surface area contributed by atoms with Crippen molar-refractivity contribution in [3.8, 4) is 33.4 Å². The van der Waals surface area contributed by atoms with Gasteiger partial charge in [-0.15, -0.1) is 0 Å². The van der Waals surface area contributed by atoms with Gasteiger partial charge in [-0.25, -0.2) is 0 Å². The minimum Gasteiger partial charge on any atom is -0.456 e. The zero-order valence-corrected chi connectivity index (χ0v) is 33.4. The Morgan fingerprint density at radius 2 is 0.516 bits per heavy atom. The fraction of sp³-hybridized carbons (Fsp3) is 0. The van der Waals surface area contributed by atoms with Crippen LogP contribution in [0.15, 0.2) is 215 Å². The van der Waals surface area contributed by atoms with Gasteiger partial charge in [0.05, 0.1) is 0 Å². The van der Waals surface area contributed by atoms with Crippen molar-refractivity contribution >= 4 is 109 Å². The summed E-state index contributed by atoms with van der Waals surface area (Å²) in [6, 6.07) is 75.0. The summed E-state index contributed by atoms with van der Waals surface area (Å²) in [5.41, 5.74) is 10.6. The number of hydrogen-bond acceptors (Lipinski definition) is 2. The molecular weight excluding hydrogens is 753 g/mol. The van der Waals surface area contributed by atoms with E-state index in [0.717, 1.165) is 65.8 Å². The molecule has 0 aliphatic heterocycles. The predicted octanol–water partition coefficient (Wildman–Crippen LogP) is 17.4. The molecule has 2 heterocycles. The van der Waals surface area contributed by atoms with Gasteiger partial charge < -0.3 is 8.83 Å². The predicted molar refractivity (Wildman–Crippen MR) is 262 cm³/mol. The SMILES string of the molecule is c1ccc2cc(-c3ccc4oc5ccc(-c6ccc7oc8ccc(-c9ccc%10ccccc%10c9)c9cccc(c%10cccc6c7%10)c89)c6cccc(c7cccc3c47)c56)ccc2c1. The Balaban J connectivity index is 1.00. The highest BCUT2D eigenvalue weighted by Gasteiger charge is 2.20. The average Bonchev–Trinajstić information content (AvgIpc) is 3.56. The Morgan fingerprint density at radius 1 is 0.210 bits per heavy atom. The lowest BCUT2D eigenvalue weighted by Gasteiger charge is -2.13. The number of rotatable bonds is 3. The summed E-state index contributed by atoms with van der Waals surface area (Å²) >= 11 is 0.